The van der Waals surface area contributed by atoms with E-state index in [1.807, 2.05) is 19.9 Å². The first-order chi connectivity index (χ1) is 18.2. The highest BCUT2D eigenvalue weighted by atomic mass is 35.5. The fourth-order valence-corrected chi connectivity index (χ4v) is 5.26. The molecule has 1 saturated heterocycles. The van der Waals surface area contributed by atoms with E-state index < -0.39 is 30.1 Å². The third-order valence-corrected chi connectivity index (χ3v) is 6.73. The minimum absolute atomic E-state index is 0.146. The number of aromatic nitrogens is 2. The number of alkyl halides is 1. The van der Waals surface area contributed by atoms with Gasteiger partial charge in [-0.2, -0.15) is 5.26 Å². The predicted molar refractivity (Wildman–Crippen MR) is 137 cm³/mol. The van der Waals surface area contributed by atoms with Gasteiger partial charge in [-0.1, -0.05) is 11.6 Å². The number of piperidine rings is 1. The van der Waals surface area contributed by atoms with E-state index in [1.54, 1.807) is 24.3 Å². The van der Waals surface area contributed by atoms with Crippen LogP contribution >= 0.6 is 11.6 Å². The van der Waals surface area contributed by atoms with Crippen molar-refractivity contribution in [3.05, 3.63) is 52.5 Å². The Bertz CT molecular complexity index is 1420. The summed E-state index contributed by atoms with van der Waals surface area (Å²) in [5, 5.41) is 19.7. The summed E-state index contributed by atoms with van der Waals surface area (Å²) < 4.78 is 20.3. The minimum Gasteiger partial charge on any atom is -0.490 e. The smallest absolute Gasteiger partial charge is 0.290 e. The summed E-state index contributed by atoms with van der Waals surface area (Å²) in [6.45, 7) is 3.42. The number of carbonyl (C=O) groups is 3. The molecule has 1 aromatic heterocycles. The number of hydrogen-bond acceptors (Lipinski definition) is 6. The normalized spacial score (nSPS) is 21.5. The largest absolute Gasteiger partial charge is 0.490 e. The molecule has 3 aromatic rings. The van der Waals surface area contributed by atoms with E-state index in [0.717, 1.165) is 0 Å². The van der Waals surface area contributed by atoms with Crippen molar-refractivity contribution in [2.24, 2.45) is 5.92 Å². The van der Waals surface area contributed by atoms with Crippen LogP contribution in [0.1, 0.15) is 42.6 Å². The number of benzene rings is 2. The highest BCUT2D eigenvalue weighted by Crippen LogP contribution is 2.45. The lowest BCUT2D eigenvalue weighted by molar-refractivity contribution is -0.123. The quantitative estimate of drug-likeness (QED) is 0.411. The minimum atomic E-state index is -1.21. The number of anilines is 1. The molecule has 12 heteroatoms. The van der Waals surface area contributed by atoms with Gasteiger partial charge in [0.15, 0.2) is 0 Å². The van der Waals surface area contributed by atoms with Gasteiger partial charge in [-0.3, -0.25) is 19.7 Å². The number of ether oxygens (including phenoxy) is 1. The molecular formula is C26H25ClFN5O5. The topological polar surface area (TPSA) is 148 Å². The lowest BCUT2D eigenvalue weighted by Crippen LogP contribution is -2.54. The molecule has 2 fully saturated rings. The summed E-state index contributed by atoms with van der Waals surface area (Å²) in [5.41, 5.74) is 1.69. The number of carbonyl (C=O) groups excluding carboxylic acids is 2. The second kappa shape index (κ2) is 11.1. The maximum Gasteiger partial charge on any atom is 0.290 e. The molecule has 1 saturated carbocycles. The van der Waals surface area contributed by atoms with E-state index in [2.05, 4.69) is 15.3 Å². The van der Waals surface area contributed by atoms with Crippen LogP contribution in [0.2, 0.25) is 5.02 Å². The molecule has 38 heavy (non-hydrogen) atoms. The van der Waals surface area contributed by atoms with Gasteiger partial charge in [-0.05, 0) is 69.0 Å². The number of aromatic amines is 1. The molecule has 0 radical (unpaired) electrons. The van der Waals surface area contributed by atoms with Crippen molar-refractivity contribution in [2.45, 2.75) is 51.0 Å². The fourth-order valence-electron chi connectivity index (χ4n) is 5.08. The van der Waals surface area contributed by atoms with Crippen LogP contribution in [0.3, 0.4) is 0 Å². The van der Waals surface area contributed by atoms with Gasteiger partial charge in [0.2, 0.25) is 11.9 Å². The number of rotatable bonds is 5. The zero-order valence-corrected chi connectivity index (χ0v) is 21.3. The van der Waals surface area contributed by atoms with Crippen molar-refractivity contribution in [1.29, 1.82) is 5.26 Å². The van der Waals surface area contributed by atoms with Gasteiger partial charge in [0.1, 0.15) is 24.0 Å². The van der Waals surface area contributed by atoms with E-state index in [1.165, 1.54) is 17.0 Å². The van der Waals surface area contributed by atoms with Gasteiger partial charge in [0.25, 0.3) is 12.4 Å². The first-order valence-corrected chi connectivity index (χ1v) is 12.3. The van der Waals surface area contributed by atoms with Crippen molar-refractivity contribution in [2.75, 3.05) is 5.32 Å². The van der Waals surface area contributed by atoms with Gasteiger partial charge in [0.05, 0.1) is 28.7 Å². The average molecular weight is 542 g/mol. The number of fused-ring (bicyclic) bond motifs is 3. The van der Waals surface area contributed by atoms with Crippen LogP contribution in [0, 0.1) is 17.2 Å². The SMILES string of the molecule is CC(C)Oc1ccc(C(=O)N2C3CC(CC3F)[C@@H]2C(=O)Nc2nc3ccc(Cl)cc3[nH]2)cc1C#N.O=CO. The molecule has 0 spiro atoms. The third-order valence-electron chi connectivity index (χ3n) is 6.49. The highest BCUT2D eigenvalue weighted by Gasteiger charge is 2.56. The molecule has 5 rings (SSSR count). The van der Waals surface area contributed by atoms with E-state index in [9.17, 15) is 19.2 Å². The molecule has 198 valence electrons. The van der Waals surface area contributed by atoms with Crippen LogP contribution in [0.4, 0.5) is 10.3 Å². The van der Waals surface area contributed by atoms with Crippen LogP contribution in [0.25, 0.3) is 11.0 Å². The second-order valence-electron chi connectivity index (χ2n) is 9.30. The Morgan fingerprint density at radius 1 is 1.32 bits per heavy atom. The molecule has 2 heterocycles. The number of nitrogens with zero attached hydrogens (tertiary/aromatic N) is 3. The van der Waals surface area contributed by atoms with Gasteiger partial charge >= 0.3 is 0 Å². The molecular weight excluding hydrogens is 517 g/mol. The van der Waals surface area contributed by atoms with E-state index >= 15 is 0 Å². The third kappa shape index (κ3) is 5.26. The van der Waals surface area contributed by atoms with Crippen molar-refractivity contribution < 1.29 is 28.6 Å². The lowest BCUT2D eigenvalue weighted by Gasteiger charge is -2.36. The summed E-state index contributed by atoms with van der Waals surface area (Å²) in [6, 6.07) is 10.1. The van der Waals surface area contributed by atoms with Crippen molar-refractivity contribution in [3.63, 3.8) is 0 Å². The monoisotopic (exact) mass is 541 g/mol. The molecule has 3 unspecified atom stereocenters. The molecule has 10 nitrogen and oxygen atoms in total. The fraction of sp³-hybridized carbons (Fsp3) is 0.346. The summed E-state index contributed by atoms with van der Waals surface area (Å²) in [6.07, 6.45) is -0.735. The van der Waals surface area contributed by atoms with Gasteiger partial charge in [-0.15, -0.1) is 0 Å². The standard InChI is InChI=1S/C25H23ClFN5O3.CH2O2/c1-12(2)35-21-6-3-13(7-15(21)11-28)24(34)32-20-9-14(8-17(20)27)22(32)23(33)31-25-29-18-5-4-16(26)10-19(18)30-25;2-1-3/h3-7,10,12,14,17,20,22H,8-9H2,1-2H3,(H2,29,30,31,33);1H,(H,2,3)/t14?,17?,20?,22-;/m1./s1. The molecule has 2 amide bonds. The number of amides is 2. The van der Waals surface area contributed by atoms with Crippen LogP contribution in [0.5, 0.6) is 5.75 Å². The van der Waals surface area contributed by atoms with E-state index in [4.69, 9.17) is 26.2 Å². The average Bonchev–Trinajstić information content (AvgIpc) is 3.55. The maximum absolute atomic E-state index is 14.7. The lowest BCUT2D eigenvalue weighted by atomic mass is 9.96. The Kier molecular flexibility index (Phi) is 7.83. The Balaban J connectivity index is 0.00000107. The van der Waals surface area contributed by atoms with Crippen LogP contribution in [-0.2, 0) is 9.59 Å². The Hall–Kier alpha value is -4.17. The number of carboxylic acid groups (broad SMARTS) is 1. The molecule has 2 bridgehead atoms. The summed E-state index contributed by atoms with van der Waals surface area (Å²) in [5.74, 6) is -0.658. The Morgan fingerprint density at radius 3 is 2.74 bits per heavy atom. The maximum atomic E-state index is 14.7. The number of likely N-dealkylation sites (tertiary alicyclic amines) is 1. The van der Waals surface area contributed by atoms with Crippen molar-refractivity contribution >= 4 is 46.9 Å². The zero-order chi connectivity index (χ0) is 27.6. The number of halogens is 2. The molecule has 1 aliphatic carbocycles. The number of nitriles is 1. The highest BCUT2D eigenvalue weighted by molar-refractivity contribution is 6.31. The van der Waals surface area contributed by atoms with Gasteiger partial charge in [0, 0.05) is 10.6 Å². The number of nitrogens with one attached hydrogen (secondary N) is 2. The van der Waals surface area contributed by atoms with E-state index in [-0.39, 0.29) is 42.0 Å². The van der Waals surface area contributed by atoms with E-state index in [0.29, 0.717) is 28.2 Å². The summed E-state index contributed by atoms with van der Waals surface area (Å²) >= 11 is 6.02. The Labute approximate surface area is 222 Å². The van der Waals surface area contributed by atoms with Crippen molar-refractivity contribution in [3.8, 4) is 11.8 Å². The predicted octanol–water partition coefficient (Wildman–Crippen LogP) is 4.16. The van der Waals surface area contributed by atoms with Crippen LogP contribution in [0.15, 0.2) is 36.4 Å². The summed E-state index contributed by atoms with van der Waals surface area (Å²) in [4.78, 5) is 43.9. The van der Waals surface area contributed by atoms with Gasteiger partial charge < -0.3 is 19.7 Å². The zero-order valence-electron chi connectivity index (χ0n) is 20.5. The second-order valence-corrected chi connectivity index (χ2v) is 9.74. The molecule has 2 aromatic carbocycles. The molecule has 2 aliphatic rings. The first-order valence-electron chi connectivity index (χ1n) is 11.9. The number of hydrogen-bond donors (Lipinski definition) is 3. The Morgan fingerprint density at radius 2 is 2.05 bits per heavy atom. The van der Waals surface area contributed by atoms with Crippen LogP contribution < -0.4 is 10.1 Å². The number of imidazole rings is 1. The molecule has 1 aliphatic heterocycles. The first kappa shape index (κ1) is 26.9. The molecule has 4 atom stereocenters. The van der Waals surface area contributed by atoms with Crippen molar-refractivity contribution in [1.82, 2.24) is 14.9 Å². The number of H-pyrrole nitrogens is 1. The van der Waals surface area contributed by atoms with Gasteiger partial charge in [-0.25, -0.2) is 9.37 Å². The van der Waals surface area contributed by atoms with Crippen LogP contribution in [-0.4, -0.2) is 62.6 Å². The molecule has 3 N–H and O–H groups in total. The summed E-state index contributed by atoms with van der Waals surface area (Å²) in [7, 11) is 0.